The standard InChI is InChI=1S/C15H15F3N2O3S2/c1-20(9-8-15(16,17)18)14(21)11-4-6-12(7-5-11)19-25(22,23)13-3-2-10-24-13/h2-7,10,19H,8-9H2,1H3. The predicted molar refractivity (Wildman–Crippen MR) is 89.2 cm³/mol. The smallest absolute Gasteiger partial charge is 0.341 e. The summed E-state index contributed by atoms with van der Waals surface area (Å²) in [6.45, 7) is -0.449. The molecule has 0 fully saturated rings. The van der Waals surface area contributed by atoms with E-state index in [0.29, 0.717) is 0 Å². The van der Waals surface area contributed by atoms with Crippen LogP contribution in [-0.4, -0.2) is 39.0 Å². The Morgan fingerprint density at radius 2 is 1.84 bits per heavy atom. The number of nitrogens with zero attached hydrogens (tertiary/aromatic N) is 1. The molecular weight excluding hydrogens is 377 g/mol. The number of nitrogens with one attached hydrogen (secondary N) is 1. The van der Waals surface area contributed by atoms with E-state index < -0.39 is 35.1 Å². The van der Waals surface area contributed by atoms with E-state index in [1.54, 1.807) is 11.4 Å². The molecular formula is C15H15F3N2O3S2. The number of carbonyl (C=O) groups excluding carboxylic acids is 1. The molecule has 2 rings (SSSR count). The van der Waals surface area contributed by atoms with Crippen molar-refractivity contribution >= 4 is 33.0 Å². The van der Waals surface area contributed by atoms with Crippen LogP contribution in [0.4, 0.5) is 18.9 Å². The largest absolute Gasteiger partial charge is 0.390 e. The number of rotatable bonds is 6. The second-order valence-electron chi connectivity index (χ2n) is 5.21. The third kappa shape index (κ3) is 5.46. The molecule has 1 amide bonds. The van der Waals surface area contributed by atoms with E-state index in [-0.39, 0.29) is 15.5 Å². The average molecular weight is 392 g/mol. The fourth-order valence-corrected chi connectivity index (χ4v) is 3.97. The van der Waals surface area contributed by atoms with E-state index in [9.17, 15) is 26.4 Å². The molecule has 5 nitrogen and oxygen atoms in total. The Balaban J connectivity index is 2.03. The number of anilines is 1. The minimum atomic E-state index is -4.33. The SMILES string of the molecule is CN(CCC(F)(F)F)C(=O)c1ccc(NS(=O)(=O)c2cccs2)cc1. The Morgan fingerprint density at radius 3 is 2.36 bits per heavy atom. The van der Waals surface area contributed by atoms with E-state index in [4.69, 9.17) is 0 Å². The lowest BCUT2D eigenvalue weighted by Crippen LogP contribution is -2.30. The normalized spacial score (nSPS) is 12.0. The first-order valence-electron chi connectivity index (χ1n) is 7.07. The number of amides is 1. The van der Waals surface area contributed by atoms with Gasteiger partial charge in [-0.05, 0) is 35.7 Å². The molecule has 10 heteroatoms. The lowest BCUT2D eigenvalue weighted by molar-refractivity contribution is -0.136. The Hall–Kier alpha value is -2.07. The van der Waals surface area contributed by atoms with E-state index in [1.165, 1.54) is 37.4 Å². The molecule has 0 spiro atoms. The average Bonchev–Trinajstić information content (AvgIpc) is 3.07. The number of benzene rings is 1. The Morgan fingerprint density at radius 1 is 1.20 bits per heavy atom. The van der Waals surface area contributed by atoms with Crippen LogP contribution in [0.15, 0.2) is 46.0 Å². The Bertz CT molecular complexity index is 817. The fraction of sp³-hybridized carbons (Fsp3) is 0.267. The Labute approximate surface area is 147 Å². The van der Waals surface area contributed by atoms with Crippen LogP contribution in [0.3, 0.4) is 0 Å². The molecule has 1 aromatic carbocycles. The quantitative estimate of drug-likeness (QED) is 0.817. The molecule has 0 saturated heterocycles. The molecule has 25 heavy (non-hydrogen) atoms. The highest BCUT2D eigenvalue weighted by Crippen LogP contribution is 2.22. The lowest BCUT2D eigenvalue weighted by Gasteiger charge is -2.18. The highest BCUT2D eigenvalue weighted by Gasteiger charge is 2.28. The molecule has 0 saturated carbocycles. The van der Waals surface area contributed by atoms with Crippen molar-refractivity contribution in [2.45, 2.75) is 16.8 Å². The van der Waals surface area contributed by atoms with Crippen molar-refractivity contribution in [2.75, 3.05) is 18.3 Å². The van der Waals surface area contributed by atoms with Crippen LogP contribution in [-0.2, 0) is 10.0 Å². The van der Waals surface area contributed by atoms with Crippen LogP contribution < -0.4 is 4.72 Å². The summed E-state index contributed by atoms with van der Waals surface area (Å²) in [7, 11) is -2.42. The number of sulfonamides is 1. The predicted octanol–water partition coefficient (Wildman–Crippen LogP) is 3.57. The van der Waals surface area contributed by atoms with Crippen molar-refractivity contribution in [3.8, 4) is 0 Å². The zero-order valence-electron chi connectivity index (χ0n) is 13.1. The summed E-state index contributed by atoms with van der Waals surface area (Å²) in [5.74, 6) is -0.572. The van der Waals surface area contributed by atoms with Gasteiger partial charge in [0, 0.05) is 24.8 Å². The first-order valence-corrected chi connectivity index (χ1v) is 9.43. The van der Waals surface area contributed by atoms with Gasteiger partial charge < -0.3 is 4.90 Å². The van der Waals surface area contributed by atoms with Crippen molar-refractivity contribution in [3.05, 3.63) is 47.3 Å². The molecule has 0 aliphatic rings. The van der Waals surface area contributed by atoms with Crippen LogP contribution in [0.1, 0.15) is 16.8 Å². The van der Waals surface area contributed by atoms with E-state index in [0.717, 1.165) is 16.2 Å². The van der Waals surface area contributed by atoms with Crippen molar-refractivity contribution < 1.29 is 26.4 Å². The van der Waals surface area contributed by atoms with Gasteiger partial charge in [-0.3, -0.25) is 9.52 Å². The molecule has 0 radical (unpaired) electrons. The van der Waals surface area contributed by atoms with Crippen molar-refractivity contribution in [3.63, 3.8) is 0 Å². The first-order chi connectivity index (χ1) is 11.6. The molecule has 1 N–H and O–H groups in total. The summed E-state index contributed by atoms with van der Waals surface area (Å²) < 4.78 is 63.3. The number of carbonyl (C=O) groups is 1. The molecule has 1 aromatic heterocycles. The van der Waals surface area contributed by atoms with Crippen LogP contribution in [0.5, 0.6) is 0 Å². The zero-order chi connectivity index (χ0) is 18.7. The summed E-state index contributed by atoms with van der Waals surface area (Å²) in [5, 5.41) is 1.63. The highest BCUT2D eigenvalue weighted by atomic mass is 32.2. The number of halogens is 3. The molecule has 0 aliphatic carbocycles. The molecule has 0 bridgehead atoms. The van der Waals surface area contributed by atoms with Crippen molar-refractivity contribution in [1.29, 1.82) is 0 Å². The summed E-state index contributed by atoms with van der Waals surface area (Å²) >= 11 is 1.07. The lowest BCUT2D eigenvalue weighted by atomic mass is 10.2. The van der Waals surface area contributed by atoms with E-state index in [2.05, 4.69) is 4.72 Å². The number of thiophene rings is 1. The van der Waals surface area contributed by atoms with Gasteiger partial charge in [0.1, 0.15) is 4.21 Å². The molecule has 136 valence electrons. The second-order valence-corrected chi connectivity index (χ2v) is 8.06. The first kappa shape index (κ1) is 19.3. The van der Waals surface area contributed by atoms with Gasteiger partial charge in [-0.1, -0.05) is 6.07 Å². The highest BCUT2D eigenvalue weighted by molar-refractivity contribution is 7.94. The van der Waals surface area contributed by atoms with Crippen LogP contribution in [0.2, 0.25) is 0 Å². The van der Waals surface area contributed by atoms with Crippen LogP contribution >= 0.6 is 11.3 Å². The minimum Gasteiger partial charge on any atom is -0.341 e. The van der Waals surface area contributed by atoms with Crippen LogP contribution in [0, 0.1) is 0 Å². The van der Waals surface area contributed by atoms with E-state index >= 15 is 0 Å². The molecule has 2 aromatic rings. The molecule has 0 aliphatic heterocycles. The Kier molecular flexibility index (Phi) is 5.73. The van der Waals surface area contributed by atoms with E-state index in [1.807, 2.05) is 0 Å². The minimum absolute atomic E-state index is 0.152. The summed E-state index contributed by atoms with van der Waals surface area (Å²) in [5.41, 5.74) is 0.423. The number of alkyl halides is 3. The number of hydrogen-bond donors (Lipinski definition) is 1. The second kappa shape index (κ2) is 7.44. The van der Waals surface area contributed by atoms with Gasteiger partial charge in [0.2, 0.25) is 0 Å². The molecule has 0 unspecified atom stereocenters. The third-order valence-corrected chi connectivity index (χ3v) is 6.00. The molecule has 1 heterocycles. The third-order valence-electron chi connectivity index (χ3n) is 3.22. The monoisotopic (exact) mass is 392 g/mol. The summed E-state index contributed by atoms with van der Waals surface area (Å²) in [4.78, 5) is 13.0. The van der Waals surface area contributed by atoms with Gasteiger partial charge in [-0.25, -0.2) is 8.42 Å². The van der Waals surface area contributed by atoms with Crippen molar-refractivity contribution in [1.82, 2.24) is 4.90 Å². The van der Waals surface area contributed by atoms with Gasteiger partial charge in [-0.15, -0.1) is 11.3 Å². The number of hydrogen-bond acceptors (Lipinski definition) is 4. The maximum absolute atomic E-state index is 12.2. The van der Waals surface area contributed by atoms with Gasteiger partial charge in [-0.2, -0.15) is 13.2 Å². The summed E-state index contributed by atoms with van der Waals surface area (Å²) in [6, 6.07) is 8.56. The van der Waals surface area contributed by atoms with Gasteiger partial charge in [0.15, 0.2) is 0 Å². The zero-order valence-corrected chi connectivity index (χ0v) is 14.7. The summed E-state index contributed by atoms with van der Waals surface area (Å²) in [6.07, 6.45) is -5.42. The van der Waals surface area contributed by atoms with Gasteiger partial charge in [0.25, 0.3) is 15.9 Å². The molecule has 0 atom stereocenters. The van der Waals surface area contributed by atoms with Crippen LogP contribution in [0.25, 0.3) is 0 Å². The van der Waals surface area contributed by atoms with Gasteiger partial charge in [0.05, 0.1) is 6.42 Å². The van der Waals surface area contributed by atoms with Gasteiger partial charge >= 0.3 is 6.18 Å². The maximum Gasteiger partial charge on any atom is 0.390 e. The van der Waals surface area contributed by atoms with Crippen molar-refractivity contribution in [2.24, 2.45) is 0 Å². The fourth-order valence-electron chi connectivity index (χ4n) is 1.92. The topological polar surface area (TPSA) is 66.5 Å². The maximum atomic E-state index is 12.2.